The van der Waals surface area contributed by atoms with Gasteiger partial charge >= 0.3 is 6.01 Å². The molecule has 4 heterocycles. The van der Waals surface area contributed by atoms with E-state index in [1.54, 1.807) is 29.2 Å². The molecule has 1 saturated heterocycles. The molecule has 10 heteroatoms. The molecule has 1 aliphatic heterocycles. The first-order chi connectivity index (χ1) is 15.2. The van der Waals surface area contributed by atoms with Crippen molar-refractivity contribution in [3.63, 3.8) is 0 Å². The fraction of sp³-hybridized carbons (Fsp3) is 0.286. The number of carbonyl (C=O) groups is 1. The summed E-state index contributed by atoms with van der Waals surface area (Å²) in [6.45, 7) is 5.49. The van der Waals surface area contributed by atoms with Crippen LogP contribution in [0.2, 0.25) is 0 Å². The smallest absolute Gasteiger partial charge is 0.316 e. The monoisotopic (exact) mass is 418 g/mol. The maximum atomic E-state index is 13.2. The van der Waals surface area contributed by atoms with Crippen LogP contribution in [0, 0.1) is 6.92 Å². The van der Waals surface area contributed by atoms with Gasteiger partial charge in [-0.2, -0.15) is 10.1 Å². The lowest BCUT2D eigenvalue weighted by molar-refractivity contribution is 0.102. The molecule has 4 aromatic rings. The van der Waals surface area contributed by atoms with Gasteiger partial charge < -0.3 is 20.3 Å². The van der Waals surface area contributed by atoms with Gasteiger partial charge in [-0.3, -0.25) is 4.79 Å². The van der Waals surface area contributed by atoms with Crippen LogP contribution in [0.4, 0.5) is 11.4 Å². The van der Waals surface area contributed by atoms with Crippen LogP contribution in [0.1, 0.15) is 16.1 Å². The molecule has 0 bridgehead atoms. The largest absolute Gasteiger partial charge is 0.467 e. The fourth-order valence-corrected chi connectivity index (χ4v) is 3.84. The van der Waals surface area contributed by atoms with Gasteiger partial charge in [0.25, 0.3) is 5.91 Å². The van der Waals surface area contributed by atoms with Crippen molar-refractivity contribution < 1.29 is 9.53 Å². The van der Waals surface area contributed by atoms with E-state index in [2.05, 4.69) is 35.6 Å². The molecule has 2 N–H and O–H groups in total. The number of rotatable bonds is 4. The fourth-order valence-electron chi connectivity index (χ4n) is 3.84. The van der Waals surface area contributed by atoms with Crippen molar-refractivity contribution in [1.29, 1.82) is 0 Å². The van der Waals surface area contributed by atoms with Crippen LogP contribution < -0.4 is 20.3 Å². The van der Waals surface area contributed by atoms with Gasteiger partial charge in [0.1, 0.15) is 5.69 Å². The number of hydrogen-bond acceptors (Lipinski definition) is 8. The molecule has 10 nitrogen and oxygen atoms in total. The van der Waals surface area contributed by atoms with Crippen molar-refractivity contribution in [3.8, 4) is 6.01 Å². The second-order valence-corrected chi connectivity index (χ2v) is 7.32. The molecule has 31 heavy (non-hydrogen) atoms. The van der Waals surface area contributed by atoms with E-state index in [0.717, 1.165) is 42.9 Å². The molecule has 1 amide bonds. The summed E-state index contributed by atoms with van der Waals surface area (Å²) in [5.74, 6) is -0.296. The van der Waals surface area contributed by atoms with Crippen LogP contribution in [-0.2, 0) is 0 Å². The number of carbonyl (C=O) groups excluding carboxylic acids is 1. The molecular formula is C21H22N8O2. The van der Waals surface area contributed by atoms with E-state index in [0.29, 0.717) is 22.4 Å². The molecule has 0 saturated carbocycles. The van der Waals surface area contributed by atoms with Crippen molar-refractivity contribution in [2.45, 2.75) is 6.92 Å². The molecule has 158 valence electrons. The Balaban J connectivity index is 1.56. The zero-order valence-electron chi connectivity index (χ0n) is 17.3. The van der Waals surface area contributed by atoms with Crippen molar-refractivity contribution >= 4 is 33.8 Å². The molecule has 5 rings (SSSR count). The van der Waals surface area contributed by atoms with Gasteiger partial charge in [-0.15, -0.1) is 0 Å². The number of aromatic nitrogens is 5. The first kappa shape index (κ1) is 19.2. The molecule has 0 unspecified atom stereocenters. The maximum Gasteiger partial charge on any atom is 0.316 e. The second-order valence-electron chi connectivity index (χ2n) is 7.32. The lowest BCUT2D eigenvalue weighted by Gasteiger charge is -2.30. The summed E-state index contributed by atoms with van der Waals surface area (Å²) in [6, 6.07) is 5.83. The molecule has 0 spiro atoms. The lowest BCUT2D eigenvalue weighted by Crippen LogP contribution is -2.43. The summed E-state index contributed by atoms with van der Waals surface area (Å²) in [6.07, 6.45) is 5.01. The SMILES string of the molecule is COc1ncc2c(N3CCNCC3)ccc(C(=O)Nc3cnn4c(C)ccnc34)c2n1. The molecule has 1 fully saturated rings. The zero-order valence-corrected chi connectivity index (χ0v) is 17.3. The van der Waals surface area contributed by atoms with Crippen molar-refractivity contribution in [2.75, 3.05) is 43.5 Å². The molecular weight excluding hydrogens is 396 g/mol. The highest BCUT2D eigenvalue weighted by atomic mass is 16.5. The number of nitrogens with one attached hydrogen (secondary N) is 2. The summed E-state index contributed by atoms with van der Waals surface area (Å²) in [5, 5.41) is 11.4. The third kappa shape index (κ3) is 3.40. The quantitative estimate of drug-likeness (QED) is 0.515. The Morgan fingerprint density at radius 2 is 2.00 bits per heavy atom. The van der Waals surface area contributed by atoms with Crippen LogP contribution in [0.3, 0.4) is 0 Å². The van der Waals surface area contributed by atoms with Crippen LogP contribution in [0.25, 0.3) is 16.6 Å². The number of piperazine rings is 1. The Labute approximate surface area is 178 Å². The summed E-state index contributed by atoms with van der Waals surface area (Å²) < 4.78 is 6.91. The number of anilines is 2. The van der Waals surface area contributed by atoms with E-state index in [1.165, 1.54) is 7.11 Å². The topological polar surface area (TPSA) is 110 Å². The molecule has 3 aromatic heterocycles. The van der Waals surface area contributed by atoms with E-state index in [-0.39, 0.29) is 11.9 Å². The highest BCUT2D eigenvalue weighted by Gasteiger charge is 2.20. The first-order valence-corrected chi connectivity index (χ1v) is 10.1. The summed E-state index contributed by atoms with van der Waals surface area (Å²) in [5.41, 5.74) is 4.02. The number of amides is 1. The molecule has 0 radical (unpaired) electrons. The third-order valence-electron chi connectivity index (χ3n) is 5.43. The Morgan fingerprint density at radius 3 is 2.81 bits per heavy atom. The minimum absolute atomic E-state index is 0.215. The number of methoxy groups -OCH3 is 1. The number of hydrogen-bond donors (Lipinski definition) is 2. The lowest BCUT2D eigenvalue weighted by atomic mass is 10.1. The van der Waals surface area contributed by atoms with E-state index >= 15 is 0 Å². The summed E-state index contributed by atoms with van der Waals surface area (Å²) in [7, 11) is 1.51. The van der Waals surface area contributed by atoms with Crippen LogP contribution in [0.15, 0.2) is 36.8 Å². The predicted octanol–water partition coefficient (Wildman–Crippen LogP) is 1.65. The normalized spacial score (nSPS) is 14.2. The van der Waals surface area contributed by atoms with E-state index in [4.69, 9.17) is 4.74 Å². The molecule has 1 aromatic carbocycles. The van der Waals surface area contributed by atoms with Gasteiger partial charge in [0.2, 0.25) is 0 Å². The minimum atomic E-state index is -0.296. The average molecular weight is 418 g/mol. The Bertz CT molecular complexity index is 1280. The summed E-state index contributed by atoms with van der Waals surface area (Å²) in [4.78, 5) is 28.6. The van der Waals surface area contributed by atoms with Crippen molar-refractivity contribution in [1.82, 2.24) is 29.9 Å². The molecule has 0 aliphatic carbocycles. The zero-order chi connectivity index (χ0) is 21.4. The number of benzene rings is 1. The van der Waals surface area contributed by atoms with Gasteiger partial charge in [0.05, 0.1) is 24.4 Å². The van der Waals surface area contributed by atoms with E-state index in [9.17, 15) is 4.79 Å². The molecule has 1 aliphatic rings. The minimum Gasteiger partial charge on any atom is -0.467 e. The van der Waals surface area contributed by atoms with Crippen LogP contribution >= 0.6 is 0 Å². The van der Waals surface area contributed by atoms with Gasteiger partial charge in [-0.1, -0.05) is 0 Å². The Morgan fingerprint density at radius 1 is 1.16 bits per heavy atom. The van der Waals surface area contributed by atoms with Crippen molar-refractivity contribution in [2.24, 2.45) is 0 Å². The number of aryl methyl sites for hydroxylation is 1. The average Bonchev–Trinajstić information content (AvgIpc) is 3.22. The van der Waals surface area contributed by atoms with Crippen molar-refractivity contribution in [3.05, 3.63) is 48.0 Å². The van der Waals surface area contributed by atoms with Gasteiger partial charge in [-0.25, -0.2) is 14.5 Å². The van der Waals surface area contributed by atoms with E-state index < -0.39 is 0 Å². The highest BCUT2D eigenvalue weighted by Crippen LogP contribution is 2.30. The maximum absolute atomic E-state index is 13.2. The first-order valence-electron chi connectivity index (χ1n) is 10.1. The summed E-state index contributed by atoms with van der Waals surface area (Å²) >= 11 is 0. The number of ether oxygens (including phenoxy) is 1. The standard InChI is InChI=1S/C21H22N8O2/c1-13-5-6-23-19-16(12-25-29(13)19)26-20(30)14-3-4-17(28-9-7-22-8-10-28)15-11-24-21(31-2)27-18(14)15/h3-6,11-12,22H,7-10H2,1-2H3,(H,26,30). The van der Waals surface area contributed by atoms with Gasteiger partial charge in [0, 0.05) is 55.3 Å². The van der Waals surface area contributed by atoms with Crippen LogP contribution in [-0.4, -0.2) is 63.8 Å². The predicted molar refractivity (Wildman–Crippen MR) is 117 cm³/mol. The Hall–Kier alpha value is -3.79. The van der Waals surface area contributed by atoms with E-state index in [1.807, 2.05) is 19.1 Å². The second kappa shape index (κ2) is 7.80. The van der Waals surface area contributed by atoms with Gasteiger partial charge in [0.15, 0.2) is 5.65 Å². The highest BCUT2D eigenvalue weighted by molar-refractivity contribution is 6.14. The number of fused-ring (bicyclic) bond motifs is 2. The molecule has 0 atom stereocenters. The van der Waals surface area contributed by atoms with Gasteiger partial charge in [-0.05, 0) is 25.1 Å². The Kier molecular flexibility index (Phi) is 4.83. The third-order valence-corrected chi connectivity index (χ3v) is 5.43. The van der Waals surface area contributed by atoms with Crippen LogP contribution in [0.5, 0.6) is 6.01 Å². The number of nitrogens with zero attached hydrogens (tertiary/aromatic N) is 6.